The zero-order valence-corrected chi connectivity index (χ0v) is 42.2. The summed E-state index contributed by atoms with van der Waals surface area (Å²) in [4.78, 5) is 74.6. The fourth-order valence-electron chi connectivity index (χ4n) is 10.5. The molecule has 2 aliphatic carbocycles. The number of nitrogens with one attached hydrogen (secondary N) is 4. The maximum Gasteiger partial charge on any atom is 0.354 e. The van der Waals surface area contributed by atoms with Gasteiger partial charge >= 0.3 is 11.9 Å². The minimum atomic E-state index is -1.09. The molecule has 3 amide bonds. The van der Waals surface area contributed by atoms with Crippen molar-refractivity contribution in [3.05, 3.63) is 70.0 Å². The van der Waals surface area contributed by atoms with Crippen molar-refractivity contribution in [2.24, 2.45) is 0 Å². The van der Waals surface area contributed by atoms with Crippen molar-refractivity contribution in [3.63, 3.8) is 0 Å². The summed E-state index contributed by atoms with van der Waals surface area (Å²) in [5.74, 6) is -1.00. The molecule has 21 heteroatoms. The first kappa shape index (κ1) is 51.3. The summed E-state index contributed by atoms with van der Waals surface area (Å²) in [6.07, 6.45) is 5.07. The summed E-state index contributed by atoms with van der Waals surface area (Å²) >= 11 is 0. The number of aromatic nitrogens is 4. The normalized spacial score (nSPS) is 25.0. The molecule has 10 rings (SSSR count). The largest absolute Gasteiger partial charge is 0.477 e. The maximum absolute atomic E-state index is 14.2. The number of amides is 3. The van der Waals surface area contributed by atoms with E-state index < -0.39 is 24.2 Å². The third-order valence-corrected chi connectivity index (χ3v) is 14.8. The van der Waals surface area contributed by atoms with Gasteiger partial charge in [0.05, 0.1) is 114 Å². The molecular weight excluding hydrogens is 953 g/mol. The molecule has 4 aliphatic heterocycles. The van der Waals surface area contributed by atoms with Crippen LogP contribution in [0.25, 0.3) is 33.8 Å². The number of hydrogen-bond donors (Lipinski definition) is 5. The molecule has 0 radical (unpaired) electrons. The first-order valence-electron chi connectivity index (χ1n) is 26.2. The summed E-state index contributed by atoms with van der Waals surface area (Å²) in [5.41, 5.74) is 7.31. The summed E-state index contributed by atoms with van der Waals surface area (Å²) in [7, 11) is 0. The average Bonchev–Trinajstić information content (AvgIpc) is 3.42. The molecule has 0 aromatic carbocycles. The highest BCUT2D eigenvalue weighted by atomic mass is 16.6. The lowest BCUT2D eigenvalue weighted by atomic mass is 9.89. The Kier molecular flexibility index (Phi) is 16.3. The van der Waals surface area contributed by atoms with Crippen molar-refractivity contribution in [3.8, 4) is 22.8 Å². The Hall–Kier alpha value is -6.23. The lowest BCUT2D eigenvalue weighted by Crippen LogP contribution is -2.65. The van der Waals surface area contributed by atoms with E-state index in [9.17, 15) is 24.3 Å². The number of likely N-dealkylation sites (tertiary alicyclic amines) is 1. The zero-order chi connectivity index (χ0) is 51.1. The number of ether oxygens (including phenoxy) is 6. The zero-order valence-electron chi connectivity index (χ0n) is 42.2. The lowest BCUT2D eigenvalue weighted by Gasteiger charge is -2.35. The van der Waals surface area contributed by atoms with E-state index in [4.69, 9.17) is 43.4 Å². The number of carboxylic acid groups (broad SMARTS) is 1. The van der Waals surface area contributed by atoms with Crippen LogP contribution in [0, 0.1) is 0 Å². The molecule has 6 atom stereocenters. The molecule has 6 unspecified atom stereocenters. The number of nitrogens with zero attached hydrogens (tertiary/aromatic N) is 6. The number of fused-ring (bicyclic) bond motifs is 7. The van der Waals surface area contributed by atoms with Gasteiger partial charge in [-0.15, -0.1) is 0 Å². The van der Waals surface area contributed by atoms with Gasteiger partial charge in [0.1, 0.15) is 11.4 Å². The number of rotatable bonds is 7. The minimum Gasteiger partial charge on any atom is -0.477 e. The van der Waals surface area contributed by atoms with E-state index in [0.717, 1.165) is 59.7 Å². The van der Waals surface area contributed by atoms with Crippen molar-refractivity contribution in [1.82, 2.24) is 46.1 Å². The molecule has 5 N–H and O–H groups in total. The van der Waals surface area contributed by atoms with Gasteiger partial charge in [-0.05, 0) is 98.9 Å². The Balaban J connectivity index is 0.723. The summed E-state index contributed by atoms with van der Waals surface area (Å²) in [6, 6.07) is 9.97. The summed E-state index contributed by atoms with van der Waals surface area (Å²) < 4.78 is 37.1. The highest BCUT2D eigenvalue weighted by molar-refractivity contribution is 5.94. The van der Waals surface area contributed by atoms with Gasteiger partial charge in [0.25, 0.3) is 17.7 Å². The number of piperidine rings is 1. The molecule has 0 saturated carbocycles. The molecule has 2 saturated heterocycles. The van der Waals surface area contributed by atoms with Crippen LogP contribution in [-0.2, 0) is 63.7 Å². The van der Waals surface area contributed by atoms with Crippen LogP contribution in [0.3, 0.4) is 0 Å². The number of aryl methyl sites for hydroxylation is 4. The van der Waals surface area contributed by atoms with Crippen LogP contribution in [0.5, 0.6) is 0 Å². The van der Waals surface area contributed by atoms with Crippen LogP contribution in [0.1, 0.15) is 82.8 Å². The number of pyridine rings is 4. The number of hydrogen-bond acceptors (Lipinski definition) is 16. The first-order valence-corrected chi connectivity index (χ1v) is 26.2. The van der Waals surface area contributed by atoms with Gasteiger partial charge in [0, 0.05) is 43.9 Å². The van der Waals surface area contributed by atoms with E-state index in [1.165, 1.54) is 6.07 Å². The van der Waals surface area contributed by atoms with Crippen LogP contribution < -0.4 is 21.3 Å². The fraction of sp³-hybridized carbons (Fsp3) is 0.566. The Labute approximate surface area is 429 Å². The monoisotopic (exact) mass is 1020 g/mol. The molecule has 4 aromatic rings. The second kappa shape index (κ2) is 23.5. The van der Waals surface area contributed by atoms with Gasteiger partial charge in [0.2, 0.25) is 0 Å². The minimum absolute atomic E-state index is 0.0309. The smallest absolute Gasteiger partial charge is 0.354 e. The van der Waals surface area contributed by atoms with Crippen molar-refractivity contribution >= 4 is 40.7 Å². The van der Waals surface area contributed by atoms with E-state index in [1.807, 2.05) is 26.0 Å². The second-order valence-electron chi connectivity index (χ2n) is 19.8. The molecule has 394 valence electrons. The van der Waals surface area contributed by atoms with Crippen molar-refractivity contribution in [1.29, 1.82) is 0 Å². The predicted octanol–water partition coefficient (Wildman–Crippen LogP) is 1.84. The molecule has 6 aliphatic rings. The molecule has 4 aromatic heterocycles. The van der Waals surface area contributed by atoms with Gasteiger partial charge in [-0.25, -0.2) is 24.7 Å². The Morgan fingerprint density at radius 1 is 0.676 bits per heavy atom. The molecule has 0 bridgehead atoms. The lowest BCUT2D eigenvalue weighted by molar-refractivity contribution is -0.541. The van der Waals surface area contributed by atoms with Crippen LogP contribution in [-0.4, -0.2) is 193 Å². The van der Waals surface area contributed by atoms with Crippen LogP contribution in [0.2, 0.25) is 0 Å². The van der Waals surface area contributed by atoms with Gasteiger partial charge in [-0.2, -0.15) is 0 Å². The fourth-order valence-corrected chi connectivity index (χ4v) is 10.5. The third-order valence-electron chi connectivity index (χ3n) is 14.8. The van der Waals surface area contributed by atoms with Crippen LogP contribution >= 0.6 is 0 Å². The Morgan fingerprint density at radius 2 is 1.23 bits per heavy atom. The predicted molar refractivity (Wildman–Crippen MR) is 269 cm³/mol. The van der Waals surface area contributed by atoms with Gasteiger partial charge < -0.3 is 49.1 Å². The number of aromatic carboxylic acids is 1. The Bertz CT molecular complexity index is 2780. The number of carbonyl (C=O) groups excluding carboxylic acids is 3. The maximum atomic E-state index is 14.2. The van der Waals surface area contributed by atoms with Gasteiger partial charge in [-0.1, -0.05) is 12.1 Å². The van der Waals surface area contributed by atoms with E-state index in [-0.39, 0.29) is 54.8 Å². The summed E-state index contributed by atoms with van der Waals surface area (Å²) in [6.45, 7) is 9.81. The second-order valence-corrected chi connectivity index (χ2v) is 19.8. The SMILES string of the molecule is CC1OCCOCCOCC(CNC(=O)C2CC[N+]3=C(N2)NC(C(=O)NC2CCCN(C(=O)c4ccc5c(n4)-c4nc6nc7c(cc6cc4CC5)CCc4ccc(C(=O)O)nc4-7)C2)CC3)OCCOCCOC1C. The van der Waals surface area contributed by atoms with E-state index >= 15 is 0 Å². The van der Waals surface area contributed by atoms with Gasteiger partial charge in [-0.3, -0.25) is 29.6 Å². The number of carbonyl (C=O) groups is 4. The van der Waals surface area contributed by atoms with Gasteiger partial charge in [0.15, 0.2) is 17.7 Å². The van der Waals surface area contributed by atoms with Crippen molar-refractivity contribution in [2.75, 3.05) is 92.2 Å². The summed E-state index contributed by atoms with van der Waals surface area (Å²) in [5, 5.41) is 23.5. The van der Waals surface area contributed by atoms with E-state index in [0.29, 0.717) is 138 Å². The number of carboxylic acids is 1. The van der Waals surface area contributed by atoms with Crippen molar-refractivity contribution < 1.29 is 57.3 Å². The molecule has 21 nitrogen and oxygen atoms in total. The molecular formula is C53H67N10O11+. The van der Waals surface area contributed by atoms with E-state index in [2.05, 4.69) is 43.0 Å². The van der Waals surface area contributed by atoms with Crippen LogP contribution in [0.15, 0.2) is 36.4 Å². The average molecular weight is 1020 g/mol. The number of guanidine groups is 1. The standard InChI is InChI=1S/C53H66N10O11/c1-31-32(2)73-24-21-70-22-25-74-39(30-71-19-18-69-20-23-72-31)28-54-49(64)40-13-16-62-17-14-41(59-53(62)58-40)50(65)55-38-4-3-15-63(29-38)51(66)42-11-9-33-5-7-35-26-37-27-36-8-6-34-10-12-43(52(67)68)57-45(34)47(36)61-48(37)60-46(35)44(33)56-42/h9-12,26-27,31-32,38-41H,3-8,13-25,28-30H2,1-2H3,(H4,54,55,58,59,64,65,67,68)/p+1. The molecule has 74 heavy (non-hydrogen) atoms. The van der Waals surface area contributed by atoms with E-state index in [1.54, 1.807) is 11.0 Å². The topological polar surface area (TPSA) is 250 Å². The Morgan fingerprint density at radius 3 is 1.88 bits per heavy atom. The molecule has 8 heterocycles. The van der Waals surface area contributed by atoms with Crippen LogP contribution in [0.4, 0.5) is 0 Å². The van der Waals surface area contributed by atoms with Crippen molar-refractivity contribution in [2.45, 2.75) is 102 Å². The molecule has 0 spiro atoms. The highest BCUT2D eigenvalue weighted by Crippen LogP contribution is 2.37. The first-order chi connectivity index (χ1) is 36.0. The molecule has 2 fully saturated rings. The highest BCUT2D eigenvalue weighted by Gasteiger charge is 2.39. The quantitative estimate of drug-likeness (QED) is 0.166. The third kappa shape index (κ3) is 12.0.